The van der Waals surface area contributed by atoms with E-state index in [1.54, 1.807) is 32.3 Å². The smallest absolute Gasteiger partial charge is 0.309 e. The van der Waals surface area contributed by atoms with Crippen LogP contribution in [0.25, 0.3) is 32.6 Å². The van der Waals surface area contributed by atoms with Gasteiger partial charge >= 0.3 is 5.97 Å². The second kappa shape index (κ2) is 10.6. The summed E-state index contributed by atoms with van der Waals surface area (Å²) in [4.78, 5) is 44.0. The number of piperidine rings is 1. The molecule has 4 heterocycles. The number of thiazole rings is 1. The van der Waals surface area contributed by atoms with Crippen molar-refractivity contribution in [3.05, 3.63) is 53.2 Å². The van der Waals surface area contributed by atoms with E-state index < -0.39 is 11.4 Å². The topological polar surface area (TPSA) is 121 Å². The van der Waals surface area contributed by atoms with Crippen LogP contribution in [0.3, 0.4) is 0 Å². The molecule has 202 valence electrons. The van der Waals surface area contributed by atoms with E-state index >= 15 is 0 Å². The SMILES string of the molecule is CCNC(=O)Cc1nc2cc(-c3cnc(N4CCC(C)(C(=O)O)CC4)nc3)cc(-c3cc(C)c(F)cn3)c2s1. The maximum Gasteiger partial charge on any atom is 0.309 e. The molecule has 0 atom stereocenters. The van der Waals surface area contributed by atoms with E-state index in [0.29, 0.717) is 60.2 Å². The monoisotopic (exact) mass is 548 g/mol. The Morgan fingerprint density at radius 2 is 1.82 bits per heavy atom. The number of fused-ring (bicyclic) bond motifs is 1. The van der Waals surface area contributed by atoms with E-state index in [9.17, 15) is 19.1 Å². The van der Waals surface area contributed by atoms with Crippen molar-refractivity contribution in [3.63, 3.8) is 0 Å². The average Bonchev–Trinajstić information content (AvgIpc) is 3.32. The Hall–Kier alpha value is -3.99. The van der Waals surface area contributed by atoms with Gasteiger partial charge in [-0.25, -0.2) is 19.3 Å². The molecule has 4 aromatic rings. The summed E-state index contributed by atoms with van der Waals surface area (Å²) in [5.41, 5.74) is 3.46. The minimum Gasteiger partial charge on any atom is -0.481 e. The molecule has 0 spiro atoms. The van der Waals surface area contributed by atoms with Crippen molar-refractivity contribution in [1.82, 2.24) is 25.3 Å². The maximum absolute atomic E-state index is 14.0. The fourth-order valence-electron chi connectivity index (χ4n) is 4.64. The van der Waals surface area contributed by atoms with Crippen molar-refractivity contribution in [1.29, 1.82) is 0 Å². The van der Waals surface area contributed by atoms with Gasteiger partial charge in [-0.05, 0) is 62.9 Å². The van der Waals surface area contributed by atoms with E-state index in [1.807, 2.05) is 24.0 Å². The van der Waals surface area contributed by atoms with Crippen LogP contribution in [-0.2, 0) is 16.0 Å². The van der Waals surface area contributed by atoms with Crippen LogP contribution in [0.15, 0.2) is 36.8 Å². The molecule has 1 amide bonds. The molecular weight excluding hydrogens is 519 g/mol. The van der Waals surface area contributed by atoms with Gasteiger partial charge in [-0.1, -0.05) is 0 Å². The predicted octanol–water partition coefficient (Wildman–Crippen LogP) is 4.63. The Morgan fingerprint density at radius 3 is 2.46 bits per heavy atom. The molecule has 0 bridgehead atoms. The molecule has 0 unspecified atom stereocenters. The Morgan fingerprint density at radius 1 is 1.10 bits per heavy atom. The lowest BCUT2D eigenvalue weighted by atomic mass is 9.80. The molecule has 1 fully saturated rings. The number of aromatic nitrogens is 4. The van der Waals surface area contributed by atoms with E-state index in [1.165, 1.54) is 17.5 Å². The number of aliphatic carboxylic acids is 1. The van der Waals surface area contributed by atoms with Crippen molar-refractivity contribution < 1.29 is 19.1 Å². The van der Waals surface area contributed by atoms with Crippen LogP contribution in [0.4, 0.5) is 10.3 Å². The van der Waals surface area contributed by atoms with Crippen molar-refractivity contribution in [2.24, 2.45) is 5.41 Å². The normalized spacial score (nSPS) is 14.9. The fourth-order valence-corrected chi connectivity index (χ4v) is 5.71. The Labute approximate surface area is 229 Å². The molecular formula is C28H29FN6O3S. The number of benzene rings is 1. The summed E-state index contributed by atoms with van der Waals surface area (Å²) >= 11 is 1.42. The Bertz CT molecular complexity index is 1550. The van der Waals surface area contributed by atoms with Crippen molar-refractivity contribution in [2.75, 3.05) is 24.5 Å². The summed E-state index contributed by atoms with van der Waals surface area (Å²) in [5, 5.41) is 13.0. The lowest BCUT2D eigenvalue weighted by Crippen LogP contribution is -2.43. The molecule has 0 saturated carbocycles. The number of carbonyl (C=O) groups is 2. The summed E-state index contributed by atoms with van der Waals surface area (Å²) in [6, 6.07) is 5.61. The minimum atomic E-state index is -0.772. The standard InChI is InChI=1S/C28H29FN6O3S/c1-4-30-23(36)12-24-34-22-11-17(10-19(25(22)39-24)21-9-16(2)20(29)15-31-21)18-13-32-27(33-14-18)35-7-5-28(3,6-8-35)26(37)38/h9-11,13-15H,4-8,12H2,1-3H3,(H,30,36)(H,37,38). The predicted molar refractivity (Wildman–Crippen MR) is 148 cm³/mol. The van der Waals surface area contributed by atoms with E-state index in [0.717, 1.165) is 21.4 Å². The largest absolute Gasteiger partial charge is 0.481 e. The molecule has 2 N–H and O–H groups in total. The van der Waals surface area contributed by atoms with E-state index in [4.69, 9.17) is 4.98 Å². The number of carboxylic acid groups (broad SMARTS) is 1. The first-order valence-corrected chi connectivity index (χ1v) is 13.6. The lowest BCUT2D eigenvalue weighted by molar-refractivity contribution is -0.149. The number of carbonyl (C=O) groups excluding carboxylic acids is 1. The van der Waals surface area contributed by atoms with Crippen molar-refractivity contribution in [2.45, 2.75) is 40.0 Å². The maximum atomic E-state index is 14.0. The number of rotatable bonds is 7. The molecule has 11 heteroatoms. The van der Waals surface area contributed by atoms with Crippen LogP contribution in [0.1, 0.15) is 37.3 Å². The lowest BCUT2D eigenvalue weighted by Gasteiger charge is -2.36. The summed E-state index contributed by atoms with van der Waals surface area (Å²) in [7, 11) is 0. The average molecular weight is 549 g/mol. The third-order valence-electron chi connectivity index (χ3n) is 7.18. The van der Waals surface area contributed by atoms with E-state index in [2.05, 4.69) is 20.3 Å². The van der Waals surface area contributed by atoms with Crippen LogP contribution < -0.4 is 10.2 Å². The van der Waals surface area contributed by atoms with Crippen LogP contribution in [0, 0.1) is 18.2 Å². The molecule has 1 aliphatic rings. The molecule has 1 aromatic carbocycles. The van der Waals surface area contributed by atoms with Gasteiger partial charge in [-0.15, -0.1) is 11.3 Å². The Kier molecular flexibility index (Phi) is 7.26. The second-order valence-corrected chi connectivity index (χ2v) is 11.1. The van der Waals surface area contributed by atoms with Gasteiger partial charge in [-0.3, -0.25) is 14.6 Å². The zero-order valence-corrected chi connectivity index (χ0v) is 22.8. The zero-order valence-electron chi connectivity index (χ0n) is 22.0. The summed E-state index contributed by atoms with van der Waals surface area (Å²) in [6.07, 6.45) is 5.92. The minimum absolute atomic E-state index is 0.0977. The molecule has 5 rings (SSSR count). The highest BCUT2D eigenvalue weighted by molar-refractivity contribution is 7.19. The van der Waals surface area contributed by atoms with Gasteiger partial charge < -0.3 is 15.3 Å². The van der Waals surface area contributed by atoms with Gasteiger partial charge in [0.05, 0.1) is 33.9 Å². The highest BCUT2D eigenvalue weighted by Crippen LogP contribution is 2.37. The first-order chi connectivity index (χ1) is 18.7. The fraction of sp³-hybridized carbons (Fsp3) is 0.357. The number of hydrogen-bond donors (Lipinski definition) is 2. The highest BCUT2D eigenvalue weighted by atomic mass is 32.1. The second-order valence-electron chi connectivity index (χ2n) is 10.1. The van der Waals surface area contributed by atoms with Gasteiger partial charge in [0.15, 0.2) is 0 Å². The number of anilines is 1. The van der Waals surface area contributed by atoms with Crippen LogP contribution in [0.5, 0.6) is 0 Å². The van der Waals surface area contributed by atoms with Crippen molar-refractivity contribution in [3.8, 4) is 22.4 Å². The highest BCUT2D eigenvalue weighted by Gasteiger charge is 2.37. The number of amides is 1. The Balaban J connectivity index is 1.49. The first-order valence-electron chi connectivity index (χ1n) is 12.8. The van der Waals surface area contributed by atoms with Crippen LogP contribution >= 0.6 is 11.3 Å². The molecule has 9 nitrogen and oxygen atoms in total. The number of carboxylic acids is 1. The molecule has 1 aliphatic heterocycles. The summed E-state index contributed by atoms with van der Waals surface area (Å²) in [6.45, 7) is 7.03. The molecule has 0 radical (unpaired) electrons. The number of nitrogens with one attached hydrogen (secondary N) is 1. The third-order valence-corrected chi connectivity index (χ3v) is 8.29. The van der Waals surface area contributed by atoms with E-state index in [-0.39, 0.29) is 18.1 Å². The number of likely N-dealkylation sites (N-methyl/N-ethyl adjacent to an activating group) is 1. The number of halogens is 1. The molecule has 39 heavy (non-hydrogen) atoms. The van der Waals surface area contributed by atoms with Crippen LogP contribution in [-0.4, -0.2) is 56.6 Å². The molecule has 3 aromatic heterocycles. The van der Waals surface area contributed by atoms with Gasteiger partial charge in [0.1, 0.15) is 10.8 Å². The molecule has 0 aliphatic carbocycles. The molecule has 1 saturated heterocycles. The first kappa shape index (κ1) is 26.6. The van der Waals surface area contributed by atoms with Crippen LogP contribution in [0.2, 0.25) is 0 Å². The van der Waals surface area contributed by atoms with Gasteiger partial charge in [0.2, 0.25) is 11.9 Å². The van der Waals surface area contributed by atoms with Crippen molar-refractivity contribution >= 4 is 39.4 Å². The number of pyridine rings is 1. The summed E-state index contributed by atoms with van der Waals surface area (Å²) < 4.78 is 14.9. The quantitative estimate of drug-likeness (QED) is 0.343. The summed E-state index contributed by atoms with van der Waals surface area (Å²) in [5.74, 6) is -0.690. The number of nitrogens with zero attached hydrogens (tertiary/aromatic N) is 5. The number of hydrogen-bond acceptors (Lipinski definition) is 8. The number of aryl methyl sites for hydroxylation is 1. The van der Waals surface area contributed by atoms with Gasteiger partial charge in [0.25, 0.3) is 0 Å². The third kappa shape index (κ3) is 5.44. The van der Waals surface area contributed by atoms with Gasteiger partial charge in [-0.2, -0.15) is 0 Å². The van der Waals surface area contributed by atoms with Gasteiger partial charge in [0, 0.05) is 43.2 Å². The zero-order chi connectivity index (χ0) is 27.7.